The third-order valence-corrected chi connectivity index (χ3v) is 6.43. The van der Waals surface area contributed by atoms with Gasteiger partial charge in [-0.2, -0.15) is 0 Å². The Hall–Kier alpha value is -1.72. The first kappa shape index (κ1) is 16.7. The Morgan fingerprint density at radius 3 is 2.52 bits per heavy atom. The smallest absolute Gasteiger partial charge is 0.247 e. The summed E-state index contributed by atoms with van der Waals surface area (Å²) >= 11 is 1.69. The molecule has 2 fully saturated rings. The molecule has 0 bridgehead atoms. The summed E-state index contributed by atoms with van der Waals surface area (Å²) in [5.74, 6) is 0.284. The minimum absolute atomic E-state index is 0.284. The summed E-state index contributed by atoms with van der Waals surface area (Å²) in [6, 6.07) is 8.34. The lowest BCUT2D eigenvalue weighted by atomic mass is 9.85. The average Bonchev–Trinajstić information content (AvgIpc) is 3.19. The van der Waals surface area contributed by atoms with Gasteiger partial charge in [-0.15, -0.1) is 11.3 Å². The maximum absolute atomic E-state index is 13.5. The fourth-order valence-electron chi connectivity index (χ4n) is 4.33. The van der Waals surface area contributed by atoms with E-state index in [-0.39, 0.29) is 11.4 Å². The number of hydrogen-bond acceptors (Lipinski definition) is 4. The first-order valence-corrected chi connectivity index (χ1v) is 10.0. The van der Waals surface area contributed by atoms with Crippen molar-refractivity contribution in [2.24, 2.45) is 0 Å². The van der Waals surface area contributed by atoms with Crippen LogP contribution in [0.5, 0.6) is 0 Å². The van der Waals surface area contributed by atoms with Crippen molar-refractivity contribution >= 4 is 22.9 Å². The van der Waals surface area contributed by atoms with E-state index in [2.05, 4.69) is 46.5 Å². The number of aryl methyl sites for hydroxylation is 2. The number of benzene rings is 1. The molecule has 2 aliphatic heterocycles. The lowest BCUT2D eigenvalue weighted by molar-refractivity contribution is -0.131. The van der Waals surface area contributed by atoms with Crippen LogP contribution in [-0.2, 0) is 11.3 Å². The van der Waals surface area contributed by atoms with Crippen LogP contribution in [0, 0.1) is 13.8 Å². The molecule has 1 aromatic heterocycles. The molecule has 4 nitrogen and oxygen atoms in total. The van der Waals surface area contributed by atoms with E-state index in [4.69, 9.17) is 0 Å². The van der Waals surface area contributed by atoms with Crippen molar-refractivity contribution < 1.29 is 4.79 Å². The number of amides is 1. The van der Waals surface area contributed by atoms with E-state index in [0.29, 0.717) is 0 Å². The Morgan fingerprint density at radius 1 is 1.12 bits per heavy atom. The van der Waals surface area contributed by atoms with E-state index in [1.165, 1.54) is 5.56 Å². The van der Waals surface area contributed by atoms with Gasteiger partial charge in [0.25, 0.3) is 0 Å². The topological polar surface area (TPSA) is 36.4 Å². The van der Waals surface area contributed by atoms with Crippen LogP contribution in [0.3, 0.4) is 0 Å². The molecule has 25 heavy (non-hydrogen) atoms. The van der Waals surface area contributed by atoms with Gasteiger partial charge in [-0.1, -0.05) is 17.7 Å². The van der Waals surface area contributed by atoms with Crippen LogP contribution in [0.15, 0.2) is 29.6 Å². The summed E-state index contributed by atoms with van der Waals surface area (Å²) in [7, 11) is 0. The highest BCUT2D eigenvalue weighted by atomic mass is 32.1. The monoisotopic (exact) mass is 355 g/mol. The highest BCUT2D eigenvalue weighted by molar-refractivity contribution is 7.09. The van der Waals surface area contributed by atoms with Gasteiger partial charge in [-0.3, -0.25) is 9.69 Å². The molecule has 3 heterocycles. The minimum atomic E-state index is -0.333. The number of carbonyl (C=O) groups is 1. The Bertz CT molecular complexity index is 770. The SMILES string of the molecule is Cc1ccc(N2CCCC3(CCCN3Cc3csc(C)n3)C2=O)cc1. The lowest BCUT2D eigenvalue weighted by Crippen LogP contribution is -2.59. The second kappa shape index (κ2) is 6.54. The largest absolute Gasteiger partial charge is 0.311 e. The maximum Gasteiger partial charge on any atom is 0.247 e. The molecular weight excluding hydrogens is 330 g/mol. The molecule has 2 aromatic rings. The van der Waals surface area contributed by atoms with Crippen molar-refractivity contribution in [1.82, 2.24) is 9.88 Å². The molecular formula is C20H25N3OS. The van der Waals surface area contributed by atoms with Crippen molar-refractivity contribution in [2.75, 3.05) is 18.0 Å². The number of carbonyl (C=O) groups excluding carboxylic acids is 1. The number of nitrogens with zero attached hydrogens (tertiary/aromatic N) is 3. The summed E-state index contributed by atoms with van der Waals surface area (Å²) in [5.41, 5.74) is 3.03. The van der Waals surface area contributed by atoms with Crippen LogP contribution < -0.4 is 4.90 Å². The molecule has 1 aromatic carbocycles. The second-order valence-corrected chi connectivity index (χ2v) is 8.37. The molecule has 2 saturated heterocycles. The Morgan fingerprint density at radius 2 is 1.84 bits per heavy atom. The van der Waals surface area contributed by atoms with E-state index in [0.717, 1.165) is 61.7 Å². The van der Waals surface area contributed by atoms with Crippen LogP contribution in [-0.4, -0.2) is 34.4 Å². The van der Waals surface area contributed by atoms with Gasteiger partial charge >= 0.3 is 0 Å². The van der Waals surface area contributed by atoms with Crippen molar-refractivity contribution in [3.8, 4) is 0 Å². The summed E-state index contributed by atoms with van der Waals surface area (Å²) in [6.45, 7) is 6.73. The van der Waals surface area contributed by atoms with Crippen LogP contribution >= 0.6 is 11.3 Å². The summed E-state index contributed by atoms with van der Waals surface area (Å²) in [4.78, 5) is 22.5. The second-order valence-electron chi connectivity index (χ2n) is 7.31. The Kier molecular flexibility index (Phi) is 4.38. The van der Waals surface area contributed by atoms with E-state index in [1.807, 2.05) is 11.8 Å². The fraction of sp³-hybridized carbons (Fsp3) is 0.500. The summed E-state index contributed by atoms with van der Waals surface area (Å²) in [6.07, 6.45) is 4.09. The highest BCUT2D eigenvalue weighted by Gasteiger charge is 2.51. The molecule has 4 rings (SSSR count). The molecule has 132 valence electrons. The first-order valence-electron chi connectivity index (χ1n) is 9.13. The van der Waals surface area contributed by atoms with Crippen LogP contribution in [0.4, 0.5) is 5.69 Å². The van der Waals surface area contributed by atoms with Gasteiger partial charge in [0.2, 0.25) is 5.91 Å². The van der Waals surface area contributed by atoms with Gasteiger partial charge in [0.05, 0.1) is 10.7 Å². The van der Waals surface area contributed by atoms with E-state index < -0.39 is 0 Å². The molecule has 0 saturated carbocycles. The lowest BCUT2D eigenvalue weighted by Gasteiger charge is -2.44. The number of aromatic nitrogens is 1. The number of hydrogen-bond donors (Lipinski definition) is 0. The maximum atomic E-state index is 13.5. The third kappa shape index (κ3) is 3.00. The fourth-order valence-corrected chi connectivity index (χ4v) is 4.93. The number of thiazole rings is 1. The zero-order valence-electron chi connectivity index (χ0n) is 15.0. The predicted octanol–water partition coefficient (Wildman–Crippen LogP) is 3.92. The van der Waals surface area contributed by atoms with Crippen molar-refractivity contribution in [3.63, 3.8) is 0 Å². The van der Waals surface area contributed by atoms with Crippen molar-refractivity contribution in [3.05, 3.63) is 45.9 Å². The van der Waals surface area contributed by atoms with Gasteiger partial charge in [-0.25, -0.2) is 4.98 Å². The highest BCUT2D eigenvalue weighted by Crippen LogP contribution is 2.40. The standard InChI is InChI=1S/C20H25N3OS/c1-15-5-7-18(8-6-15)23-12-4-10-20(19(23)24)9-3-11-22(20)13-17-14-25-16(2)21-17/h5-8,14H,3-4,9-13H2,1-2H3. The van der Waals surface area contributed by atoms with Crippen molar-refractivity contribution in [1.29, 1.82) is 0 Å². The number of rotatable bonds is 3. The van der Waals surface area contributed by atoms with Gasteiger partial charge in [-0.05, 0) is 58.2 Å². The summed E-state index contributed by atoms with van der Waals surface area (Å²) in [5, 5.41) is 3.23. The van der Waals surface area contributed by atoms with Crippen LogP contribution in [0.1, 0.15) is 41.9 Å². The van der Waals surface area contributed by atoms with Gasteiger partial charge in [0.1, 0.15) is 5.54 Å². The Labute approximate surface area is 153 Å². The molecule has 0 N–H and O–H groups in total. The number of likely N-dealkylation sites (tertiary alicyclic amines) is 1. The molecule has 1 atom stereocenters. The van der Waals surface area contributed by atoms with Crippen LogP contribution in [0.25, 0.3) is 0 Å². The molecule has 2 aliphatic rings. The molecule has 1 spiro atoms. The predicted molar refractivity (Wildman–Crippen MR) is 102 cm³/mol. The minimum Gasteiger partial charge on any atom is -0.311 e. The average molecular weight is 356 g/mol. The zero-order chi connectivity index (χ0) is 17.4. The van der Waals surface area contributed by atoms with E-state index in [1.54, 1.807) is 11.3 Å². The van der Waals surface area contributed by atoms with Crippen molar-refractivity contribution in [2.45, 2.75) is 51.6 Å². The first-order chi connectivity index (χ1) is 12.1. The zero-order valence-corrected chi connectivity index (χ0v) is 15.8. The molecule has 1 amide bonds. The molecule has 1 unspecified atom stereocenters. The van der Waals surface area contributed by atoms with Gasteiger partial charge in [0, 0.05) is 24.2 Å². The summed E-state index contributed by atoms with van der Waals surface area (Å²) < 4.78 is 0. The molecule has 5 heteroatoms. The number of anilines is 1. The molecule has 0 radical (unpaired) electrons. The van der Waals surface area contributed by atoms with Gasteiger partial charge < -0.3 is 4.90 Å². The van der Waals surface area contributed by atoms with Crippen LogP contribution in [0.2, 0.25) is 0 Å². The Balaban J connectivity index is 1.60. The van der Waals surface area contributed by atoms with E-state index >= 15 is 0 Å². The number of piperidine rings is 1. The third-order valence-electron chi connectivity index (χ3n) is 5.60. The van der Waals surface area contributed by atoms with Gasteiger partial charge in [0.15, 0.2) is 0 Å². The molecule has 0 aliphatic carbocycles. The quantitative estimate of drug-likeness (QED) is 0.837. The normalized spacial score (nSPS) is 24.4. The van der Waals surface area contributed by atoms with E-state index in [9.17, 15) is 4.79 Å².